The van der Waals surface area contributed by atoms with E-state index in [1.807, 2.05) is 0 Å². The quantitative estimate of drug-likeness (QED) is 0.815. The average Bonchev–Trinajstić information content (AvgIpc) is 3.09. The maximum Gasteiger partial charge on any atom is 0.325 e. The van der Waals surface area contributed by atoms with Crippen molar-refractivity contribution in [3.8, 4) is 0 Å². The second kappa shape index (κ2) is 6.25. The van der Waals surface area contributed by atoms with Crippen molar-refractivity contribution in [3.05, 3.63) is 53.5 Å². The number of anilines is 1. The number of hydrogen-bond acceptors (Lipinski definition) is 4. The van der Waals surface area contributed by atoms with Crippen molar-refractivity contribution in [1.82, 2.24) is 10.2 Å². The largest absolute Gasteiger partial charge is 0.463 e. The number of carbonyl (C=O) groups excluding carboxylic acids is 3. The lowest BCUT2D eigenvalue weighted by Crippen LogP contribution is -2.41. The van der Waals surface area contributed by atoms with E-state index in [2.05, 4.69) is 10.6 Å². The molecule has 0 radical (unpaired) electrons. The summed E-state index contributed by atoms with van der Waals surface area (Å²) in [7, 11) is 0. The lowest BCUT2D eigenvalue weighted by Gasteiger charge is -2.19. The minimum absolute atomic E-state index is 0.00498. The van der Waals surface area contributed by atoms with Crippen LogP contribution in [0.25, 0.3) is 0 Å². The highest BCUT2D eigenvalue weighted by Crippen LogP contribution is 2.30. The van der Waals surface area contributed by atoms with E-state index in [-0.39, 0.29) is 11.4 Å². The number of benzene rings is 1. The van der Waals surface area contributed by atoms with E-state index in [0.29, 0.717) is 5.76 Å². The molecule has 7 nitrogen and oxygen atoms in total. The van der Waals surface area contributed by atoms with Gasteiger partial charge in [0.25, 0.3) is 5.91 Å². The van der Waals surface area contributed by atoms with Crippen LogP contribution in [-0.4, -0.2) is 29.3 Å². The van der Waals surface area contributed by atoms with Crippen molar-refractivity contribution < 1.29 is 27.6 Å². The van der Waals surface area contributed by atoms with E-state index >= 15 is 0 Å². The van der Waals surface area contributed by atoms with Crippen LogP contribution < -0.4 is 10.6 Å². The molecule has 0 bridgehead atoms. The van der Waals surface area contributed by atoms with E-state index in [4.69, 9.17) is 4.42 Å². The summed E-state index contributed by atoms with van der Waals surface area (Å²) < 4.78 is 31.5. The van der Waals surface area contributed by atoms with Gasteiger partial charge < -0.3 is 15.1 Å². The molecule has 1 aliphatic heterocycles. The molecular formula is C17H15F2N3O4. The van der Waals surface area contributed by atoms with Gasteiger partial charge in [0.15, 0.2) is 17.2 Å². The summed E-state index contributed by atoms with van der Waals surface area (Å²) in [4.78, 5) is 37.6. The van der Waals surface area contributed by atoms with Gasteiger partial charge in [-0.2, -0.15) is 0 Å². The molecule has 4 amide bonds. The maximum atomic E-state index is 13.2. The van der Waals surface area contributed by atoms with Crippen LogP contribution in [0.5, 0.6) is 0 Å². The molecule has 0 spiro atoms. The van der Waals surface area contributed by atoms with Crippen molar-refractivity contribution >= 4 is 23.5 Å². The third-order valence-corrected chi connectivity index (χ3v) is 4.01. The standard InChI is InChI=1S/C17H15F2N3O4/c1-9-3-6-13(26-9)17(2)15(24)22(16(25)21-17)8-14(23)20-10-4-5-11(18)12(19)7-10/h3-7H,8H2,1-2H3,(H,20,23)(H,21,25)/t17-/m1/s1. The Hall–Kier alpha value is -3.23. The van der Waals surface area contributed by atoms with Crippen molar-refractivity contribution in [2.75, 3.05) is 11.9 Å². The predicted molar refractivity (Wildman–Crippen MR) is 86.0 cm³/mol. The number of urea groups is 1. The molecule has 0 aliphatic carbocycles. The number of nitrogens with zero attached hydrogens (tertiary/aromatic N) is 1. The molecule has 2 aromatic rings. The van der Waals surface area contributed by atoms with E-state index in [9.17, 15) is 23.2 Å². The SMILES string of the molecule is Cc1ccc([C@@]2(C)NC(=O)N(CC(=O)Nc3ccc(F)c(F)c3)C2=O)o1. The molecule has 1 atom stereocenters. The van der Waals surface area contributed by atoms with Crippen molar-refractivity contribution in [3.63, 3.8) is 0 Å². The van der Waals surface area contributed by atoms with Gasteiger partial charge in [-0.15, -0.1) is 0 Å². The number of rotatable bonds is 4. The minimum Gasteiger partial charge on any atom is -0.463 e. The smallest absolute Gasteiger partial charge is 0.325 e. The zero-order valence-electron chi connectivity index (χ0n) is 13.9. The van der Waals surface area contributed by atoms with Gasteiger partial charge in [-0.25, -0.2) is 13.6 Å². The zero-order chi connectivity index (χ0) is 19.1. The highest BCUT2D eigenvalue weighted by atomic mass is 19.2. The molecule has 0 saturated carbocycles. The number of aryl methyl sites for hydroxylation is 1. The molecule has 3 rings (SSSR count). The second-order valence-corrected chi connectivity index (χ2v) is 6.03. The third kappa shape index (κ3) is 3.03. The molecule has 2 heterocycles. The van der Waals surface area contributed by atoms with Gasteiger partial charge in [-0.3, -0.25) is 14.5 Å². The first kappa shape index (κ1) is 17.6. The molecule has 0 unspecified atom stereocenters. The fourth-order valence-corrected chi connectivity index (χ4v) is 2.63. The summed E-state index contributed by atoms with van der Waals surface area (Å²) in [5.41, 5.74) is -1.42. The summed E-state index contributed by atoms with van der Waals surface area (Å²) in [5.74, 6) is -2.76. The highest BCUT2D eigenvalue weighted by Gasteiger charge is 2.51. The third-order valence-electron chi connectivity index (χ3n) is 4.01. The van der Waals surface area contributed by atoms with Crippen LogP contribution in [0.15, 0.2) is 34.7 Å². The Bertz CT molecular complexity index is 911. The first-order chi connectivity index (χ1) is 12.2. The van der Waals surface area contributed by atoms with Gasteiger partial charge in [0.05, 0.1) is 0 Å². The lowest BCUT2D eigenvalue weighted by molar-refractivity contribution is -0.134. The topological polar surface area (TPSA) is 91.7 Å². The Balaban J connectivity index is 1.73. The number of hydrogen-bond donors (Lipinski definition) is 2. The summed E-state index contributed by atoms with van der Waals surface area (Å²) in [6.07, 6.45) is 0. The van der Waals surface area contributed by atoms with Gasteiger partial charge in [-0.05, 0) is 38.1 Å². The van der Waals surface area contributed by atoms with E-state index in [0.717, 1.165) is 23.1 Å². The van der Waals surface area contributed by atoms with E-state index in [1.165, 1.54) is 6.92 Å². The number of carbonyl (C=O) groups is 3. The van der Waals surface area contributed by atoms with Crippen LogP contribution in [0, 0.1) is 18.6 Å². The van der Waals surface area contributed by atoms with Crippen LogP contribution >= 0.6 is 0 Å². The fourth-order valence-electron chi connectivity index (χ4n) is 2.63. The first-order valence-electron chi connectivity index (χ1n) is 7.66. The molecule has 1 saturated heterocycles. The molecule has 1 fully saturated rings. The van der Waals surface area contributed by atoms with Crippen molar-refractivity contribution in [1.29, 1.82) is 0 Å². The van der Waals surface area contributed by atoms with Gasteiger partial charge >= 0.3 is 6.03 Å². The normalized spacial score (nSPS) is 19.6. The summed E-state index contributed by atoms with van der Waals surface area (Å²) in [5, 5.41) is 4.81. The summed E-state index contributed by atoms with van der Waals surface area (Å²) in [6, 6.07) is 5.28. The molecule has 9 heteroatoms. The average molecular weight is 363 g/mol. The molecular weight excluding hydrogens is 348 g/mol. The Labute approximate surface area is 147 Å². The molecule has 2 N–H and O–H groups in total. The van der Waals surface area contributed by atoms with Crippen LogP contribution in [-0.2, 0) is 15.1 Å². The van der Waals surface area contributed by atoms with Gasteiger partial charge in [0.2, 0.25) is 5.91 Å². The van der Waals surface area contributed by atoms with Crippen LogP contribution in [0.3, 0.4) is 0 Å². The van der Waals surface area contributed by atoms with Crippen molar-refractivity contribution in [2.45, 2.75) is 19.4 Å². The lowest BCUT2D eigenvalue weighted by atomic mass is 9.99. The van der Waals surface area contributed by atoms with Gasteiger partial charge in [0.1, 0.15) is 18.1 Å². The number of halogens is 2. The Morgan fingerprint density at radius 2 is 1.96 bits per heavy atom. The monoisotopic (exact) mass is 363 g/mol. The Morgan fingerprint density at radius 1 is 1.23 bits per heavy atom. The summed E-state index contributed by atoms with van der Waals surface area (Å²) in [6.45, 7) is 2.58. The number of amides is 4. The summed E-state index contributed by atoms with van der Waals surface area (Å²) >= 11 is 0. The zero-order valence-corrected chi connectivity index (χ0v) is 13.9. The number of imide groups is 1. The van der Waals surface area contributed by atoms with Crippen LogP contribution in [0.4, 0.5) is 19.3 Å². The minimum atomic E-state index is -1.42. The fraction of sp³-hybridized carbons (Fsp3) is 0.235. The first-order valence-corrected chi connectivity index (χ1v) is 7.66. The molecule has 136 valence electrons. The molecule has 26 heavy (non-hydrogen) atoms. The number of furan rings is 1. The van der Waals surface area contributed by atoms with E-state index < -0.39 is 41.6 Å². The van der Waals surface area contributed by atoms with Crippen LogP contribution in [0.2, 0.25) is 0 Å². The Kier molecular flexibility index (Phi) is 4.23. The predicted octanol–water partition coefficient (Wildman–Crippen LogP) is 2.27. The van der Waals surface area contributed by atoms with Gasteiger partial charge in [-0.1, -0.05) is 0 Å². The van der Waals surface area contributed by atoms with Crippen molar-refractivity contribution in [2.24, 2.45) is 0 Å². The van der Waals surface area contributed by atoms with Crippen LogP contribution in [0.1, 0.15) is 18.4 Å². The Morgan fingerprint density at radius 3 is 2.58 bits per heavy atom. The molecule has 1 aromatic heterocycles. The molecule has 1 aromatic carbocycles. The highest BCUT2D eigenvalue weighted by molar-refractivity contribution is 6.10. The van der Waals surface area contributed by atoms with E-state index in [1.54, 1.807) is 19.1 Å². The number of nitrogens with one attached hydrogen (secondary N) is 2. The maximum absolute atomic E-state index is 13.2. The second-order valence-electron chi connectivity index (χ2n) is 6.03. The van der Waals surface area contributed by atoms with Gasteiger partial charge in [0, 0.05) is 11.8 Å². The molecule has 1 aliphatic rings.